The zero-order valence-corrected chi connectivity index (χ0v) is 21.8. The van der Waals surface area contributed by atoms with Crippen LogP contribution in [-0.4, -0.2) is 81.6 Å². The van der Waals surface area contributed by atoms with Crippen LogP contribution in [0, 0.1) is 0 Å². The van der Waals surface area contributed by atoms with Crippen molar-refractivity contribution in [3.05, 3.63) is 0 Å². The van der Waals surface area contributed by atoms with Crippen LogP contribution in [-0.2, 0) is 10.1 Å². The van der Waals surface area contributed by atoms with E-state index in [0.29, 0.717) is 6.42 Å². The van der Waals surface area contributed by atoms with Crippen molar-refractivity contribution in [1.82, 2.24) is 0 Å². The molecule has 5 nitrogen and oxygen atoms in total. The highest BCUT2D eigenvalue weighted by molar-refractivity contribution is 7.85. The summed E-state index contributed by atoms with van der Waals surface area (Å²) in [4.78, 5) is 0. The summed E-state index contributed by atoms with van der Waals surface area (Å²) in [7, 11) is 2.79. The zero-order valence-electron chi connectivity index (χ0n) is 21.0. The van der Waals surface area contributed by atoms with E-state index in [-0.39, 0.29) is 5.75 Å². The lowest BCUT2D eigenvalue weighted by Gasteiger charge is -2.38. The molecule has 0 N–H and O–H groups in total. The average Bonchev–Trinajstić information content (AvgIpc) is 2.65. The first-order valence-corrected chi connectivity index (χ1v) is 14.2. The summed E-state index contributed by atoms with van der Waals surface area (Å²) in [6.07, 6.45) is 16.1. The molecule has 0 aliphatic heterocycles. The minimum Gasteiger partial charge on any atom is -0.748 e. The Kier molecular flexibility index (Phi) is 16.4. The molecule has 6 heteroatoms. The van der Waals surface area contributed by atoms with Gasteiger partial charge in [-0.3, -0.25) is 0 Å². The van der Waals surface area contributed by atoms with Gasteiger partial charge in [-0.15, -0.1) is 0 Å². The molecule has 0 aromatic heterocycles. The number of likely N-dealkylation sites (N-methyl/N-ethyl adjacent to an activating group) is 2. The molecule has 0 aromatic rings. The van der Waals surface area contributed by atoms with Crippen LogP contribution in [0.3, 0.4) is 0 Å². The number of quaternary nitrogens is 2. The molecule has 0 saturated carbocycles. The van der Waals surface area contributed by atoms with E-state index in [9.17, 15) is 13.0 Å². The third-order valence-corrected chi connectivity index (χ3v) is 7.29. The summed E-state index contributed by atoms with van der Waals surface area (Å²) in [5.41, 5.74) is 0. The molecule has 0 heterocycles. The van der Waals surface area contributed by atoms with Crippen molar-refractivity contribution in [1.29, 1.82) is 0 Å². The highest BCUT2D eigenvalue weighted by Gasteiger charge is 2.26. The molecule has 0 radical (unpaired) electrons. The van der Waals surface area contributed by atoms with E-state index in [1.54, 1.807) is 0 Å². The maximum absolute atomic E-state index is 11.0. The molecule has 0 amide bonds. The van der Waals surface area contributed by atoms with Gasteiger partial charge in [-0.1, -0.05) is 65.2 Å². The van der Waals surface area contributed by atoms with E-state index < -0.39 is 10.1 Å². The van der Waals surface area contributed by atoms with Crippen LogP contribution in [0.2, 0.25) is 0 Å². The Morgan fingerprint density at radius 2 is 1.00 bits per heavy atom. The number of nitrogens with zero attached hydrogens (tertiary/aromatic N) is 2. The molecule has 0 rings (SSSR count). The second-order valence-corrected chi connectivity index (χ2v) is 11.8. The third-order valence-electron chi connectivity index (χ3n) is 6.51. The molecular formula is C24H53N2O3S+. The lowest BCUT2D eigenvalue weighted by Crippen LogP contribution is -2.54. The number of unbranched alkanes of at least 4 members (excludes halogenated alkanes) is 10. The van der Waals surface area contributed by atoms with Crippen molar-refractivity contribution in [2.24, 2.45) is 0 Å². The summed E-state index contributed by atoms with van der Waals surface area (Å²) in [5.74, 6) is -0.229. The Bertz CT molecular complexity index is 509. The van der Waals surface area contributed by atoms with E-state index in [1.807, 2.05) is 0 Å². The molecule has 1 atom stereocenters. The second kappa shape index (κ2) is 16.5. The topological polar surface area (TPSA) is 57.2 Å². The van der Waals surface area contributed by atoms with E-state index in [1.165, 1.54) is 83.6 Å². The van der Waals surface area contributed by atoms with Gasteiger partial charge in [-0.05, 0) is 25.7 Å². The van der Waals surface area contributed by atoms with Gasteiger partial charge < -0.3 is 13.5 Å². The first kappa shape index (κ1) is 29.8. The normalized spacial score (nSPS) is 14.7. The Morgan fingerprint density at radius 3 is 1.50 bits per heavy atom. The summed E-state index contributed by atoms with van der Waals surface area (Å²) in [6, 6.07) is 0. The van der Waals surface area contributed by atoms with E-state index in [2.05, 4.69) is 35.0 Å². The SMILES string of the molecule is CCCCCCCC[N+](C)(C)CC[N+](C)(CCCCCCCC)CCCS(=O)(=O)[O-]. The number of hydrogen-bond acceptors (Lipinski definition) is 3. The Morgan fingerprint density at radius 1 is 0.567 bits per heavy atom. The lowest BCUT2D eigenvalue weighted by molar-refractivity contribution is -0.955. The van der Waals surface area contributed by atoms with Gasteiger partial charge in [0.05, 0.1) is 50.9 Å². The molecule has 0 saturated heterocycles. The van der Waals surface area contributed by atoms with Gasteiger partial charge in [-0.2, -0.15) is 0 Å². The summed E-state index contributed by atoms with van der Waals surface area (Å²) < 4.78 is 35.0. The number of rotatable bonds is 21. The Hall–Kier alpha value is -0.170. The molecule has 0 aromatic carbocycles. The quantitative estimate of drug-likeness (QED) is 0.138. The van der Waals surface area contributed by atoms with Crippen LogP contribution < -0.4 is 0 Å². The maximum Gasteiger partial charge on any atom is 0.128 e. The monoisotopic (exact) mass is 449 g/mol. The van der Waals surface area contributed by atoms with Gasteiger partial charge in [-0.25, -0.2) is 8.42 Å². The highest BCUT2D eigenvalue weighted by atomic mass is 32.2. The van der Waals surface area contributed by atoms with Gasteiger partial charge in [0.2, 0.25) is 0 Å². The van der Waals surface area contributed by atoms with Crippen LogP contribution in [0.15, 0.2) is 0 Å². The average molecular weight is 450 g/mol. The molecule has 0 bridgehead atoms. The van der Waals surface area contributed by atoms with Gasteiger partial charge in [0.1, 0.15) is 13.1 Å². The van der Waals surface area contributed by atoms with Crippen molar-refractivity contribution in [3.8, 4) is 0 Å². The van der Waals surface area contributed by atoms with Crippen molar-refractivity contribution >= 4 is 10.1 Å². The van der Waals surface area contributed by atoms with E-state index in [4.69, 9.17) is 0 Å². The molecular weight excluding hydrogens is 396 g/mol. The second-order valence-electron chi connectivity index (χ2n) is 10.3. The Labute approximate surface area is 189 Å². The van der Waals surface area contributed by atoms with Gasteiger partial charge >= 0.3 is 0 Å². The van der Waals surface area contributed by atoms with Gasteiger partial charge in [0, 0.05) is 12.2 Å². The fraction of sp³-hybridized carbons (Fsp3) is 1.00. The minimum absolute atomic E-state index is 0.229. The fourth-order valence-corrected chi connectivity index (χ4v) is 4.66. The van der Waals surface area contributed by atoms with Crippen molar-refractivity contribution < 1.29 is 21.9 Å². The van der Waals surface area contributed by atoms with Crippen LogP contribution in [0.5, 0.6) is 0 Å². The zero-order chi connectivity index (χ0) is 22.9. The predicted molar refractivity (Wildman–Crippen MR) is 129 cm³/mol. The molecule has 0 fully saturated rings. The third kappa shape index (κ3) is 18.6. The number of hydrogen-bond donors (Lipinski definition) is 0. The van der Waals surface area contributed by atoms with Crippen LogP contribution >= 0.6 is 0 Å². The largest absolute Gasteiger partial charge is 0.748 e. The maximum atomic E-state index is 11.0. The van der Waals surface area contributed by atoms with Crippen LogP contribution in [0.4, 0.5) is 0 Å². The summed E-state index contributed by atoms with van der Waals surface area (Å²) in [5, 5.41) is 0. The van der Waals surface area contributed by atoms with Crippen molar-refractivity contribution in [2.45, 2.75) is 97.3 Å². The first-order valence-electron chi connectivity index (χ1n) is 12.6. The molecule has 0 aliphatic carbocycles. The highest BCUT2D eigenvalue weighted by Crippen LogP contribution is 2.14. The molecule has 0 spiro atoms. The van der Waals surface area contributed by atoms with Crippen molar-refractivity contribution in [2.75, 3.05) is 59.6 Å². The first-order chi connectivity index (χ1) is 14.0. The predicted octanol–water partition coefficient (Wildman–Crippen LogP) is 5.17. The summed E-state index contributed by atoms with van der Waals surface area (Å²) >= 11 is 0. The van der Waals surface area contributed by atoms with Crippen LogP contribution in [0.1, 0.15) is 97.3 Å². The minimum atomic E-state index is -4.11. The fourth-order valence-electron chi connectivity index (χ4n) is 4.18. The molecule has 0 aliphatic rings. The smallest absolute Gasteiger partial charge is 0.128 e. The van der Waals surface area contributed by atoms with Gasteiger partial charge in [0.15, 0.2) is 0 Å². The molecule has 30 heavy (non-hydrogen) atoms. The lowest BCUT2D eigenvalue weighted by atomic mass is 10.1. The molecule has 1 unspecified atom stereocenters. The molecule has 182 valence electrons. The van der Waals surface area contributed by atoms with E-state index >= 15 is 0 Å². The van der Waals surface area contributed by atoms with E-state index in [0.717, 1.165) is 35.1 Å². The Balaban J connectivity index is 4.49. The van der Waals surface area contributed by atoms with Crippen LogP contribution in [0.25, 0.3) is 0 Å². The summed E-state index contributed by atoms with van der Waals surface area (Å²) in [6.45, 7) is 9.73. The standard InChI is InChI=1S/C24H53N2O3S/c1-6-8-10-12-14-16-19-25(3,4)22-23-26(5,21-18-24-30(27,28)29)20-17-15-13-11-9-7-2/h6-24H2,1-5H3/q+1. The van der Waals surface area contributed by atoms with Crippen molar-refractivity contribution in [3.63, 3.8) is 0 Å². The van der Waals surface area contributed by atoms with Gasteiger partial charge in [0.25, 0.3) is 0 Å².